The number of nitrogens with one attached hydrogen (secondary N) is 1. The molecule has 0 aliphatic heterocycles. The van der Waals surface area contributed by atoms with Crippen molar-refractivity contribution in [1.29, 1.82) is 0 Å². The Labute approximate surface area is 170 Å². The lowest BCUT2D eigenvalue weighted by Crippen LogP contribution is -2.36. The van der Waals surface area contributed by atoms with Gasteiger partial charge in [-0.2, -0.15) is 4.68 Å². The van der Waals surface area contributed by atoms with E-state index < -0.39 is 29.2 Å². The number of nitrogens with zero attached hydrogens (tertiary/aromatic N) is 2. The van der Waals surface area contributed by atoms with Gasteiger partial charge < -0.3 is 4.74 Å². The Morgan fingerprint density at radius 3 is 2.37 bits per heavy atom. The molecule has 7 nitrogen and oxygen atoms in total. The van der Waals surface area contributed by atoms with Gasteiger partial charge in [-0.15, -0.1) is 0 Å². The molecular weight excluding hydrogens is 396 g/mol. The molecule has 0 spiro atoms. The molecule has 30 heavy (non-hydrogen) atoms. The van der Waals surface area contributed by atoms with Gasteiger partial charge in [-0.1, -0.05) is 37.3 Å². The number of aromatic nitrogens is 2. The summed E-state index contributed by atoms with van der Waals surface area (Å²) < 4.78 is 34.3. The molecule has 0 atom stereocenters. The predicted octanol–water partition coefficient (Wildman–Crippen LogP) is 3.41. The summed E-state index contributed by atoms with van der Waals surface area (Å²) in [6.45, 7) is 3.29. The zero-order valence-corrected chi connectivity index (χ0v) is 16.3. The van der Waals surface area contributed by atoms with E-state index >= 15 is 0 Å². The van der Waals surface area contributed by atoms with Gasteiger partial charge in [0.15, 0.2) is 0 Å². The lowest BCUT2D eigenvalue weighted by molar-refractivity contribution is 0.103. The van der Waals surface area contributed by atoms with Gasteiger partial charge in [-0.05, 0) is 25.5 Å². The van der Waals surface area contributed by atoms with Crippen molar-refractivity contribution in [3.8, 4) is 5.69 Å². The molecule has 0 bridgehead atoms. The molecule has 3 aromatic rings. The quantitative estimate of drug-likeness (QED) is 0.626. The summed E-state index contributed by atoms with van der Waals surface area (Å²) in [5.74, 6) is -2.35. The molecule has 1 amide bonds. The van der Waals surface area contributed by atoms with Crippen LogP contribution in [0, 0.1) is 11.6 Å². The Morgan fingerprint density at radius 2 is 1.77 bits per heavy atom. The van der Waals surface area contributed by atoms with E-state index in [0.29, 0.717) is 6.07 Å². The smallest absolute Gasteiger partial charge is 0.426 e. The number of carbonyl (C=O) groups is 2. The normalized spacial score (nSPS) is 10.7. The number of rotatable bonds is 6. The minimum absolute atomic E-state index is 0.0382. The van der Waals surface area contributed by atoms with Crippen LogP contribution >= 0.6 is 0 Å². The van der Waals surface area contributed by atoms with Gasteiger partial charge in [0.2, 0.25) is 5.78 Å². The topological polar surface area (TPSA) is 82.3 Å². The molecule has 0 unspecified atom stereocenters. The van der Waals surface area contributed by atoms with Crippen LogP contribution in [-0.2, 0) is 11.2 Å². The highest BCUT2D eigenvalue weighted by Gasteiger charge is 2.28. The zero-order chi connectivity index (χ0) is 21.8. The molecule has 0 fully saturated rings. The second kappa shape index (κ2) is 8.73. The van der Waals surface area contributed by atoms with Crippen LogP contribution in [0.5, 0.6) is 0 Å². The minimum Gasteiger partial charge on any atom is -0.449 e. The van der Waals surface area contributed by atoms with Gasteiger partial charge in [0.25, 0.3) is 0 Å². The number of ether oxygens (including phenoxy) is 1. The molecular formula is C21H19F2N3O4. The SMILES string of the molecule is CCOC(=O)Nn1c(C(=O)c2ccccc2)c(CC)n(-c2ccc(F)cc2F)c1=O. The maximum Gasteiger partial charge on any atom is 0.426 e. The van der Waals surface area contributed by atoms with Crippen molar-refractivity contribution in [3.63, 3.8) is 0 Å². The Bertz CT molecular complexity index is 1150. The number of hydrogen-bond acceptors (Lipinski definition) is 4. The molecule has 1 aromatic heterocycles. The molecule has 0 radical (unpaired) electrons. The molecule has 9 heteroatoms. The van der Waals surface area contributed by atoms with Crippen LogP contribution in [0.3, 0.4) is 0 Å². The number of hydrogen-bond donors (Lipinski definition) is 1. The van der Waals surface area contributed by atoms with E-state index in [1.165, 1.54) is 0 Å². The minimum atomic E-state index is -0.987. The van der Waals surface area contributed by atoms with Gasteiger partial charge in [0.05, 0.1) is 18.0 Å². The Hall–Kier alpha value is -3.75. The van der Waals surface area contributed by atoms with Gasteiger partial charge in [0.1, 0.15) is 17.3 Å². The summed E-state index contributed by atoms with van der Waals surface area (Å²) >= 11 is 0. The van der Waals surface area contributed by atoms with Crippen LogP contribution in [0.2, 0.25) is 0 Å². The monoisotopic (exact) mass is 415 g/mol. The third-order valence-corrected chi connectivity index (χ3v) is 4.36. The Kier molecular flexibility index (Phi) is 6.10. The van der Waals surface area contributed by atoms with Gasteiger partial charge in [0, 0.05) is 11.6 Å². The number of ketones is 1. The van der Waals surface area contributed by atoms with Crippen molar-refractivity contribution in [1.82, 2.24) is 9.24 Å². The summed E-state index contributed by atoms with van der Waals surface area (Å²) in [5, 5.41) is 0. The molecule has 1 N–H and O–H groups in total. The van der Waals surface area contributed by atoms with Crippen molar-refractivity contribution in [2.24, 2.45) is 0 Å². The van der Waals surface area contributed by atoms with Gasteiger partial charge >= 0.3 is 11.8 Å². The second-order valence-electron chi connectivity index (χ2n) is 6.23. The predicted molar refractivity (Wildman–Crippen MR) is 106 cm³/mol. The standard InChI is InChI=1S/C21H19F2N3O4/c1-3-16-18(19(27)13-8-6-5-7-9-13)26(24-20(28)30-4-2)21(29)25(16)17-11-10-14(22)12-15(17)23/h5-12H,3-4H2,1-2H3,(H,24,28). The van der Waals surface area contributed by atoms with Crippen molar-refractivity contribution in [2.75, 3.05) is 12.0 Å². The summed E-state index contributed by atoms with van der Waals surface area (Å²) in [4.78, 5) is 38.3. The number of carbonyl (C=O) groups excluding carboxylic acids is 2. The maximum absolute atomic E-state index is 14.5. The number of benzene rings is 2. The lowest BCUT2D eigenvalue weighted by atomic mass is 10.1. The summed E-state index contributed by atoms with van der Waals surface area (Å²) in [7, 11) is 0. The van der Waals surface area contributed by atoms with Crippen LogP contribution in [0.4, 0.5) is 13.6 Å². The molecule has 0 aliphatic rings. The second-order valence-corrected chi connectivity index (χ2v) is 6.23. The fourth-order valence-electron chi connectivity index (χ4n) is 3.10. The number of halogens is 2. The third kappa shape index (κ3) is 3.86. The largest absolute Gasteiger partial charge is 0.449 e. The van der Waals surface area contributed by atoms with E-state index in [4.69, 9.17) is 4.74 Å². The molecule has 0 aliphatic carbocycles. The van der Waals surface area contributed by atoms with Crippen molar-refractivity contribution in [2.45, 2.75) is 20.3 Å². The van der Waals surface area contributed by atoms with Crippen LogP contribution in [0.1, 0.15) is 35.6 Å². The van der Waals surface area contributed by atoms with Crippen LogP contribution in [0.25, 0.3) is 5.69 Å². The average molecular weight is 415 g/mol. The summed E-state index contributed by atoms with van der Waals surface area (Å²) in [6, 6.07) is 10.9. The van der Waals surface area contributed by atoms with E-state index in [0.717, 1.165) is 21.4 Å². The van der Waals surface area contributed by atoms with E-state index in [-0.39, 0.29) is 35.7 Å². The Morgan fingerprint density at radius 1 is 1.07 bits per heavy atom. The lowest BCUT2D eigenvalue weighted by Gasteiger charge is -2.10. The van der Waals surface area contributed by atoms with Crippen molar-refractivity contribution >= 4 is 11.9 Å². The fourth-order valence-corrected chi connectivity index (χ4v) is 3.10. The highest BCUT2D eigenvalue weighted by molar-refractivity contribution is 6.09. The molecule has 3 rings (SSSR count). The van der Waals surface area contributed by atoms with Crippen LogP contribution < -0.4 is 11.1 Å². The maximum atomic E-state index is 14.5. The number of imidazole rings is 1. The molecule has 156 valence electrons. The number of amides is 1. The molecule has 0 saturated carbocycles. The van der Waals surface area contributed by atoms with Crippen LogP contribution in [-0.4, -0.2) is 27.7 Å². The Balaban J connectivity index is 2.29. The summed E-state index contributed by atoms with van der Waals surface area (Å²) in [6.07, 6.45) is -0.807. The first-order valence-corrected chi connectivity index (χ1v) is 9.24. The van der Waals surface area contributed by atoms with E-state index in [2.05, 4.69) is 5.43 Å². The summed E-state index contributed by atoms with van der Waals surface area (Å²) in [5.41, 5.74) is 1.36. The van der Waals surface area contributed by atoms with Gasteiger partial charge in [-0.25, -0.2) is 23.8 Å². The first-order chi connectivity index (χ1) is 14.4. The average Bonchev–Trinajstić information content (AvgIpc) is 3.00. The molecule has 2 aromatic carbocycles. The molecule has 0 saturated heterocycles. The highest BCUT2D eigenvalue weighted by atomic mass is 19.1. The fraction of sp³-hybridized carbons (Fsp3) is 0.190. The van der Waals surface area contributed by atoms with E-state index in [9.17, 15) is 23.2 Å². The van der Waals surface area contributed by atoms with Crippen molar-refractivity contribution < 1.29 is 23.1 Å². The van der Waals surface area contributed by atoms with Crippen LogP contribution in [0.15, 0.2) is 53.3 Å². The first kappa shape index (κ1) is 21.0. The zero-order valence-electron chi connectivity index (χ0n) is 16.3. The third-order valence-electron chi connectivity index (χ3n) is 4.36. The van der Waals surface area contributed by atoms with E-state index in [1.54, 1.807) is 44.2 Å². The van der Waals surface area contributed by atoms with E-state index in [1.807, 2.05) is 0 Å². The molecule has 1 heterocycles. The van der Waals surface area contributed by atoms with Gasteiger partial charge in [-0.3, -0.25) is 9.36 Å². The highest BCUT2D eigenvalue weighted by Crippen LogP contribution is 2.21. The van der Waals surface area contributed by atoms with Crippen molar-refractivity contribution in [3.05, 3.63) is 87.6 Å². The first-order valence-electron chi connectivity index (χ1n) is 9.24.